The van der Waals surface area contributed by atoms with Gasteiger partial charge in [-0.15, -0.1) is 0 Å². The van der Waals surface area contributed by atoms with Crippen LogP contribution in [0, 0.1) is 0 Å². The molecule has 0 aliphatic heterocycles. The summed E-state index contributed by atoms with van der Waals surface area (Å²) in [6.45, 7) is 0. The standard InChI is InChI=1S/C7H8Cl2N2S/c8-7(9)3-1-2-5(4-7)11-6(10)12/h1-3H,4H2,(H3,10,11,12). The normalized spacial score (nSPS) is 20.0. The molecule has 0 spiro atoms. The van der Waals surface area contributed by atoms with Gasteiger partial charge in [-0.3, -0.25) is 0 Å². The zero-order valence-corrected chi connectivity index (χ0v) is 8.51. The Labute approximate surface area is 86.4 Å². The lowest BCUT2D eigenvalue weighted by Crippen LogP contribution is -2.31. The van der Waals surface area contributed by atoms with Crippen molar-refractivity contribution < 1.29 is 0 Å². The molecule has 2 nitrogen and oxygen atoms in total. The van der Waals surface area contributed by atoms with Crippen LogP contribution in [0.15, 0.2) is 23.9 Å². The van der Waals surface area contributed by atoms with Crippen LogP contribution in [-0.4, -0.2) is 9.45 Å². The molecule has 1 aliphatic rings. The van der Waals surface area contributed by atoms with Gasteiger partial charge in [-0.1, -0.05) is 29.3 Å². The topological polar surface area (TPSA) is 38.0 Å². The van der Waals surface area contributed by atoms with E-state index in [0.717, 1.165) is 5.70 Å². The lowest BCUT2D eigenvalue weighted by Gasteiger charge is -2.20. The Kier molecular flexibility index (Phi) is 2.99. The van der Waals surface area contributed by atoms with Gasteiger partial charge in [0.15, 0.2) is 5.11 Å². The Morgan fingerprint density at radius 3 is 2.83 bits per heavy atom. The number of nitrogens with two attached hydrogens (primary N) is 1. The molecule has 0 aromatic carbocycles. The molecular weight excluding hydrogens is 215 g/mol. The van der Waals surface area contributed by atoms with Crippen molar-refractivity contribution in [3.63, 3.8) is 0 Å². The smallest absolute Gasteiger partial charge is 0.167 e. The molecule has 0 aromatic heterocycles. The highest BCUT2D eigenvalue weighted by atomic mass is 35.5. The maximum atomic E-state index is 5.86. The van der Waals surface area contributed by atoms with Crippen LogP contribution in [0.25, 0.3) is 0 Å². The van der Waals surface area contributed by atoms with E-state index in [2.05, 4.69) is 17.5 Å². The highest BCUT2D eigenvalue weighted by molar-refractivity contribution is 7.80. The van der Waals surface area contributed by atoms with E-state index in [1.807, 2.05) is 6.08 Å². The van der Waals surface area contributed by atoms with Gasteiger partial charge in [-0.05, 0) is 24.4 Å². The highest BCUT2D eigenvalue weighted by Crippen LogP contribution is 2.32. The first kappa shape index (κ1) is 9.84. The minimum atomic E-state index is -0.845. The van der Waals surface area contributed by atoms with Crippen molar-refractivity contribution in [2.24, 2.45) is 5.73 Å². The predicted octanol–water partition coefficient (Wildman–Crippen LogP) is 1.84. The molecule has 5 heteroatoms. The maximum absolute atomic E-state index is 5.86. The summed E-state index contributed by atoms with van der Waals surface area (Å²) in [5.74, 6) is 0. The maximum Gasteiger partial charge on any atom is 0.167 e. The molecule has 0 aromatic rings. The van der Waals surface area contributed by atoms with Gasteiger partial charge in [0.1, 0.15) is 4.33 Å². The molecule has 0 heterocycles. The van der Waals surface area contributed by atoms with Crippen LogP contribution >= 0.6 is 35.4 Å². The largest absolute Gasteiger partial charge is 0.376 e. The third-order valence-electron chi connectivity index (χ3n) is 1.35. The monoisotopic (exact) mass is 222 g/mol. The van der Waals surface area contributed by atoms with Crippen LogP contribution in [0.2, 0.25) is 0 Å². The van der Waals surface area contributed by atoms with Crippen LogP contribution in [0.4, 0.5) is 0 Å². The Morgan fingerprint density at radius 1 is 1.67 bits per heavy atom. The van der Waals surface area contributed by atoms with Gasteiger partial charge in [0.25, 0.3) is 0 Å². The van der Waals surface area contributed by atoms with E-state index in [4.69, 9.17) is 28.9 Å². The number of hydrogen-bond donors (Lipinski definition) is 2. The van der Waals surface area contributed by atoms with Crippen LogP contribution in [0.3, 0.4) is 0 Å². The van der Waals surface area contributed by atoms with Gasteiger partial charge >= 0.3 is 0 Å². The summed E-state index contributed by atoms with van der Waals surface area (Å²) >= 11 is 16.4. The van der Waals surface area contributed by atoms with Crippen molar-refractivity contribution in [3.8, 4) is 0 Å². The van der Waals surface area contributed by atoms with E-state index in [1.165, 1.54) is 0 Å². The first-order valence-electron chi connectivity index (χ1n) is 3.32. The molecule has 0 fully saturated rings. The molecular formula is C7H8Cl2N2S. The fraction of sp³-hybridized carbons (Fsp3) is 0.286. The average molecular weight is 223 g/mol. The number of rotatable bonds is 1. The summed E-state index contributed by atoms with van der Waals surface area (Å²) in [7, 11) is 0. The third-order valence-corrected chi connectivity index (χ3v) is 1.97. The second-order valence-corrected chi connectivity index (χ2v) is 4.46. The van der Waals surface area contributed by atoms with Crippen molar-refractivity contribution in [3.05, 3.63) is 23.9 Å². The molecule has 0 saturated carbocycles. The Hall–Kier alpha value is -0.250. The SMILES string of the molecule is NC(=S)NC1=CC=CC(Cl)(Cl)C1. The van der Waals surface area contributed by atoms with E-state index >= 15 is 0 Å². The molecule has 0 atom stereocenters. The number of thiocarbonyl (C=S) groups is 1. The van der Waals surface area contributed by atoms with Crippen LogP contribution in [0.1, 0.15) is 6.42 Å². The minimum absolute atomic E-state index is 0.223. The summed E-state index contributed by atoms with van der Waals surface area (Å²) < 4.78 is -0.845. The Morgan fingerprint density at radius 2 is 2.33 bits per heavy atom. The predicted molar refractivity (Wildman–Crippen MR) is 56.2 cm³/mol. The Bertz CT molecular complexity index is 258. The summed E-state index contributed by atoms with van der Waals surface area (Å²) in [4.78, 5) is 0. The van der Waals surface area contributed by atoms with Gasteiger partial charge in [0.05, 0.1) is 0 Å². The molecule has 66 valence electrons. The van der Waals surface area contributed by atoms with E-state index in [1.54, 1.807) is 12.2 Å². The summed E-state index contributed by atoms with van der Waals surface area (Å²) in [6.07, 6.45) is 5.80. The second-order valence-electron chi connectivity index (χ2n) is 2.48. The lowest BCUT2D eigenvalue weighted by atomic mass is 10.1. The zero-order valence-electron chi connectivity index (χ0n) is 6.18. The van der Waals surface area contributed by atoms with Crippen LogP contribution in [0.5, 0.6) is 0 Å². The molecule has 0 amide bonds. The van der Waals surface area contributed by atoms with E-state index < -0.39 is 4.33 Å². The van der Waals surface area contributed by atoms with Gasteiger partial charge < -0.3 is 11.1 Å². The van der Waals surface area contributed by atoms with E-state index in [-0.39, 0.29) is 5.11 Å². The number of nitrogens with one attached hydrogen (secondary N) is 1. The summed E-state index contributed by atoms with van der Waals surface area (Å²) in [5, 5.41) is 3.01. The molecule has 3 N–H and O–H groups in total. The number of allylic oxidation sites excluding steroid dienone is 4. The first-order valence-corrected chi connectivity index (χ1v) is 4.49. The first-order chi connectivity index (χ1) is 5.49. The van der Waals surface area contributed by atoms with Gasteiger partial charge in [-0.2, -0.15) is 0 Å². The van der Waals surface area contributed by atoms with Crippen molar-refractivity contribution in [2.45, 2.75) is 10.8 Å². The molecule has 0 radical (unpaired) electrons. The van der Waals surface area contributed by atoms with E-state index in [9.17, 15) is 0 Å². The Balaban J connectivity index is 2.64. The van der Waals surface area contributed by atoms with Crippen molar-refractivity contribution in [1.82, 2.24) is 5.32 Å². The fourth-order valence-electron chi connectivity index (χ4n) is 0.921. The van der Waals surface area contributed by atoms with Gasteiger partial charge in [0, 0.05) is 12.1 Å². The molecule has 0 unspecified atom stereocenters. The zero-order chi connectivity index (χ0) is 9.19. The average Bonchev–Trinajstić information content (AvgIpc) is 1.82. The van der Waals surface area contributed by atoms with E-state index in [0.29, 0.717) is 6.42 Å². The quantitative estimate of drug-likeness (QED) is 0.526. The van der Waals surface area contributed by atoms with Gasteiger partial charge in [0.2, 0.25) is 0 Å². The molecule has 0 bridgehead atoms. The summed E-state index contributed by atoms with van der Waals surface area (Å²) in [6, 6.07) is 0. The lowest BCUT2D eigenvalue weighted by molar-refractivity contribution is 0.850. The van der Waals surface area contributed by atoms with Crippen molar-refractivity contribution >= 4 is 40.5 Å². The van der Waals surface area contributed by atoms with Crippen LogP contribution in [-0.2, 0) is 0 Å². The molecule has 1 aliphatic carbocycles. The van der Waals surface area contributed by atoms with Crippen molar-refractivity contribution in [1.29, 1.82) is 0 Å². The number of halogens is 2. The summed E-state index contributed by atoms with van der Waals surface area (Å²) in [5.41, 5.74) is 6.11. The number of alkyl halides is 2. The number of hydrogen-bond acceptors (Lipinski definition) is 1. The fourth-order valence-corrected chi connectivity index (χ4v) is 1.49. The molecule has 12 heavy (non-hydrogen) atoms. The highest BCUT2D eigenvalue weighted by Gasteiger charge is 2.24. The molecule has 0 saturated heterocycles. The molecule has 1 rings (SSSR count). The third kappa shape index (κ3) is 3.01. The second kappa shape index (κ2) is 3.64. The van der Waals surface area contributed by atoms with Gasteiger partial charge in [-0.25, -0.2) is 0 Å². The minimum Gasteiger partial charge on any atom is -0.376 e. The van der Waals surface area contributed by atoms with Crippen LogP contribution < -0.4 is 11.1 Å². The van der Waals surface area contributed by atoms with Crippen molar-refractivity contribution in [2.75, 3.05) is 0 Å².